The van der Waals surface area contributed by atoms with E-state index in [9.17, 15) is 9.18 Å². The maximum atomic E-state index is 13.3. The molecule has 0 N–H and O–H groups in total. The van der Waals surface area contributed by atoms with Crippen LogP contribution in [0.15, 0.2) is 43.0 Å². The van der Waals surface area contributed by atoms with Gasteiger partial charge in [-0.25, -0.2) is 4.39 Å². The monoisotopic (exact) mass is 331 g/mol. The number of pyridine rings is 2. The van der Waals surface area contributed by atoms with Crippen molar-refractivity contribution in [2.75, 3.05) is 20.3 Å². The van der Waals surface area contributed by atoms with Gasteiger partial charge in [0.2, 0.25) is 0 Å². The summed E-state index contributed by atoms with van der Waals surface area (Å²) >= 11 is 0. The lowest BCUT2D eigenvalue weighted by atomic mass is 10.2. The number of hydrogen-bond donors (Lipinski definition) is 0. The van der Waals surface area contributed by atoms with Gasteiger partial charge >= 0.3 is 0 Å². The van der Waals surface area contributed by atoms with Gasteiger partial charge in [-0.05, 0) is 24.6 Å². The second kappa shape index (κ2) is 7.35. The zero-order valence-electron chi connectivity index (χ0n) is 13.3. The first-order valence-electron chi connectivity index (χ1n) is 7.64. The van der Waals surface area contributed by atoms with Gasteiger partial charge in [0.05, 0.1) is 30.1 Å². The van der Waals surface area contributed by atoms with Gasteiger partial charge in [-0.3, -0.25) is 14.8 Å². The van der Waals surface area contributed by atoms with Gasteiger partial charge in [-0.15, -0.1) is 0 Å². The number of ether oxygens (including phenoxy) is 2. The number of carbonyl (C=O) groups is 1. The Labute approximate surface area is 139 Å². The number of likely N-dealkylation sites (tertiary alicyclic amines) is 1. The summed E-state index contributed by atoms with van der Waals surface area (Å²) in [5.41, 5.74) is 0.220. The van der Waals surface area contributed by atoms with Crippen molar-refractivity contribution in [1.29, 1.82) is 0 Å². The molecule has 0 unspecified atom stereocenters. The molecule has 0 saturated carbocycles. The van der Waals surface area contributed by atoms with E-state index in [2.05, 4.69) is 9.97 Å². The first-order chi connectivity index (χ1) is 11.7. The number of rotatable bonds is 5. The van der Waals surface area contributed by atoms with E-state index < -0.39 is 5.82 Å². The molecule has 1 saturated heterocycles. The van der Waals surface area contributed by atoms with Crippen molar-refractivity contribution >= 4 is 5.91 Å². The van der Waals surface area contributed by atoms with Gasteiger partial charge in [0.15, 0.2) is 0 Å². The van der Waals surface area contributed by atoms with Crippen LogP contribution in [0.3, 0.4) is 0 Å². The highest BCUT2D eigenvalue weighted by atomic mass is 19.1. The normalized spacial score (nSPS) is 20.2. The van der Waals surface area contributed by atoms with Crippen molar-refractivity contribution in [3.05, 3.63) is 54.4 Å². The molecule has 1 amide bonds. The maximum absolute atomic E-state index is 13.3. The van der Waals surface area contributed by atoms with Gasteiger partial charge in [-0.1, -0.05) is 0 Å². The Morgan fingerprint density at radius 1 is 1.38 bits per heavy atom. The molecule has 0 bridgehead atoms. The van der Waals surface area contributed by atoms with E-state index in [4.69, 9.17) is 9.47 Å². The van der Waals surface area contributed by atoms with E-state index in [1.807, 2.05) is 0 Å². The van der Waals surface area contributed by atoms with Crippen molar-refractivity contribution in [2.45, 2.75) is 18.6 Å². The number of carbonyl (C=O) groups excluding carboxylic acids is 1. The van der Waals surface area contributed by atoms with Gasteiger partial charge in [0.1, 0.15) is 18.2 Å². The highest BCUT2D eigenvalue weighted by Crippen LogP contribution is 2.23. The molecule has 1 aliphatic heterocycles. The van der Waals surface area contributed by atoms with Crippen LogP contribution in [-0.2, 0) is 4.74 Å². The Morgan fingerprint density at radius 2 is 2.25 bits per heavy atom. The molecule has 24 heavy (non-hydrogen) atoms. The van der Waals surface area contributed by atoms with Crippen molar-refractivity contribution < 1.29 is 18.7 Å². The number of amides is 1. The predicted molar refractivity (Wildman–Crippen MR) is 84.2 cm³/mol. The molecular weight excluding hydrogens is 313 g/mol. The molecule has 3 rings (SSSR count). The highest BCUT2D eigenvalue weighted by Gasteiger charge is 2.36. The molecule has 2 atom stereocenters. The Balaban J connectivity index is 1.72. The van der Waals surface area contributed by atoms with Gasteiger partial charge < -0.3 is 14.4 Å². The average molecular weight is 331 g/mol. The SMILES string of the molecule is CO[C@@H]1C[C@@H](COc2cccnc2)N(C(=O)c2cncc(F)c2)C1. The van der Waals surface area contributed by atoms with Crippen molar-refractivity contribution in [1.82, 2.24) is 14.9 Å². The summed E-state index contributed by atoms with van der Waals surface area (Å²) in [5.74, 6) is -0.175. The quantitative estimate of drug-likeness (QED) is 0.837. The van der Waals surface area contributed by atoms with Crippen molar-refractivity contribution in [3.63, 3.8) is 0 Å². The summed E-state index contributed by atoms with van der Waals surface area (Å²) in [5, 5.41) is 0. The second-order valence-electron chi connectivity index (χ2n) is 5.60. The molecule has 6 nitrogen and oxygen atoms in total. The van der Waals surface area contributed by atoms with Crippen LogP contribution in [0, 0.1) is 5.82 Å². The summed E-state index contributed by atoms with van der Waals surface area (Å²) in [7, 11) is 1.61. The molecule has 0 aromatic carbocycles. The highest BCUT2D eigenvalue weighted by molar-refractivity contribution is 5.94. The van der Waals surface area contributed by atoms with E-state index in [1.165, 1.54) is 12.3 Å². The summed E-state index contributed by atoms with van der Waals surface area (Å²) in [4.78, 5) is 22.1. The summed E-state index contributed by atoms with van der Waals surface area (Å²) in [6, 6.07) is 4.61. The minimum absolute atomic E-state index is 0.0713. The molecule has 3 heterocycles. The van der Waals surface area contributed by atoms with Crippen LogP contribution in [0.2, 0.25) is 0 Å². The van der Waals surface area contributed by atoms with Crippen LogP contribution in [-0.4, -0.2) is 53.2 Å². The summed E-state index contributed by atoms with van der Waals surface area (Å²) in [6.45, 7) is 0.757. The van der Waals surface area contributed by atoms with Crippen LogP contribution in [0.25, 0.3) is 0 Å². The van der Waals surface area contributed by atoms with Crippen LogP contribution in [0.5, 0.6) is 5.75 Å². The van der Waals surface area contributed by atoms with Crippen LogP contribution >= 0.6 is 0 Å². The van der Waals surface area contributed by atoms with E-state index in [1.54, 1.807) is 36.5 Å². The predicted octanol–water partition coefficient (Wildman–Crippen LogP) is 1.92. The first-order valence-corrected chi connectivity index (χ1v) is 7.64. The Bertz CT molecular complexity index is 698. The third-order valence-electron chi connectivity index (χ3n) is 4.00. The lowest BCUT2D eigenvalue weighted by Crippen LogP contribution is -2.39. The average Bonchev–Trinajstić information content (AvgIpc) is 3.03. The van der Waals surface area contributed by atoms with Crippen LogP contribution in [0.1, 0.15) is 16.8 Å². The first kappa shape index (κ1) is 16.3. The third kappa shape index (κ3) is 3.68. The smallest absolute Gasteiger partial charge is 0.255 e. The van der Waals surface area contributed by atoms with E-state index in [-0.39, 0.29) is 23.6 Å². The molecule has 126 valence electrons. The molecule has 1 aliphatic rings. The van der Waals surface area contributed by atoms with Crippen LogP contribution in [0.4, 0.5) is 4.39 Å². The zero-order chi connectivity index (χ0) is 16.9. The maximum Gasteiger partial charge on any atom is 0.255 e. The standard InChI is InChI=1S/C17H18FN3O3/c1-23-16-6-14(11-24-15-3-2-4-19-9-15)21(10-16)17(22)12-5-13(18)8-20-7-12/h2-5,7-9,14,16H,6,10-11H2,1H3/t14-,16+/m0/s1. The molecular formula is C17H18FN3O3. The lowest BCUT2D eigenvalue weighted by Gasteiger charge is -2.24. The fourth-order valence-electron chi connectivity index (χ4n) is 2.77. The summed E-state index contributed by atoms with van der Waals surface area (Å²) in [6.07, 6.45) is 6.30. The topological polar surface area (TPSA) is 64.6 Å². The fourth-order valence-corrected chi connectivity index (χ4v) is 2.77. The van der Waals surface area contributed by atoms with E-state index in [0.717, 1.165) is 6.20 Å². The molecule has 0 radical (unpaired) electrons. The molecule has 0 aliphatic carbocycles. The number of aromatic nitrogens is 2. The van der Waals surface area contributed by atoms with Crippen molar-refractivity contribution in [3.8, 4) is 5.75 Å². The van der Waals surface area contributed by atoms with Crippen molar-refractivity contribution in [2.24, 2.45) is 0 Å². The number of nitrogens with zero attached hydrogens (tertiary/aromatic N) is 3. The number of hydrogen-bond acceptors (Lipinski definition) is 5. The molecule has 0 spiro atoms. The Kier molecular flexibility index (Phi) is 5.00. The number of halogens is 1. The van der Waals surface area contributed by atoms with Crippen LogP contribution < -0.4 is 4.74 Å². The number of methoxy groups -OCH3 is 1. The minimum Gasteiger partial charge on any atom is -0.490 e. The second-order valence-corrected chi connectivity index (χ2v) is 5.60. The zero-order valence-corrected chi connectivity index (χ0v) is 13.3. The minimum atomic E-state index is -0.536. The van der Waals surface area contributed by atoms with Gasteiger partial charge in [0, 0.05) is 26.0 Å². The third-order valence-corrected chi connectivity index (χ3v) is 4.00. The Morgan fingerprint density at radius 3 is 2.96 bits per heavy atom. The Hall–Kier alpha value is -2.54. The van der Waals surface area contributed by atoms with E-state index in [0.29, 0.717) is 25.3 Å². The van der Waals surface area contributed by atoms with E-state index >= 15 is 0 Å². The molecule has 7 heteroatoms. The van der Waals surface area contributed by atoms with Gasteiger partial charge in [-0.2, -0.15) is 0 Å². The lowest BCUT2D eigenvalue weighted by molar-refractivity contribution is 0.0657. The fraction of sp³-hybridized carbons (Fsp3) is 0.353. The molecule has 1 fully saturated rings. The molecule has 2 aromatic rings. The molecule has 2 aromatic heterocycles. The van der Waals surface area contributed by atoms with Gasteiger partial charge in [0.25, 0.3) is 5.91 Å². The largest absolute Gasteiger partial charge is 0.490 e. The summed E-state index contributed by atoms with van der Waals surface area (Å²) < 4.78 is 24.4.